The summed E-state index contributed by atoms with van der Waals surface area (Å²) >= 11 is 6.15. The zero-order valence-corrected chi connectivity index (χ0v) is 25.1. The van der Waals surface area contributed by atoms with Crippen molar-refractivity contribution in [2.24, 2.45) is 0 Å². The number of hydrogen-bond acceptors (Lipinski definition) is 6. The van der Waals surface area contributed by atoms with Crippen LogP contribution in [0.25, 0.3) is 89.2 Å². The van der Waals surface area contributed by atoms with E-state index >= 15 is 0 Å². The molecule has 0 spiro atoms. The minimum absolute atomic E-state index is 0.435. The van der Waals surface area contributed by atoms with Gasteiger partial charge in [-0.1, -0.05) is 78.9 Å². The van der Waals surface area contributed by atoms with Crippen molar-refractivity contribution in [1.82, 2.24) is 25.0 Å². The number of halogens is 1. The molecule has 3 heterocycles. The highest BCUT2D eigenvalue weighted by Crippen LogP contribution is 2.38. The molecule has 9 aromatic rings. The second-order valence-corrected chi connectivity index (χ2v) is 11.5. The van der Waals surface area contributed by atoms with Crippen LogP contribution < -0.4 is 0 Å². The molecule has 0 aliphatic heterocycles. The van der Waals surface area contributed by atoms with Gasteiger partial charge in [0, 0.05) is 56.5 Å². The number of fused-ring (bicyclic) bond motifs is 5. The predicted octanol–water partition coefficient (Wildman–Crippen LogP) is 9.77. The van der Waals surface area contributed by atoms with E-state index in [0.717, 1.165) is 72.1 Å². The van der Waals surface area contributed by atoms with E-state index in [0.29, 0.717) is 29.4 Å². The summed E-state index contributed by atoms with van der Waals surface area (Å²) < 4.78 is 14.9. The van der Waals surface area contributed by atoms with Crippen LogP contribution in [-0.2, 0) is 6.54 Å². The summed E-state index contributed by atoms with van der Waals surface area (Å²) in [6, 6.07) is 40.9. The molecule has 0 saturated heterocycles. The molecule has 220 valence electrons. The molecule has 0 unspecified atom stereocenters. The zero-order chi connectivity index (χ0) is 30.6. The zero-order valence-electron chi connectivity index (χ0n) is 24.4. The van der Waals surface area contributed by atoms with Crippen LogP contribution in [0.15, 0.2) is 130 Å². The minimum Gasteiger partial charge on any atom is -0.416 e. The van der Waals surface area contributed by atoms with E-state index in [9.17, 15) is 0 Å². The summed E-state index contributed by atoms with van der Waals surface area (Å²) in [5.41, 5.74) is 5.68. The first-order valence-electron chi connectivity index (χ1n) is 15.0. The summed E-state index contributed by atoms with van der Waals surface area (Å²) in [4.78, 5) is 0. The second kappa shape index (κ2) is 10.7. The molecule has 0 radical (unpaired) electrons. The number of alkyl halides is 1. The first-order valence-corrected chi connectivity index (χ1v) is 15.6. The third kappa shape index (κ3) is 4.20. The quantitative estimate of drug-likeness (QED) is 0.173. The molecule has 3 aromatic heterocycles. The maximum atomic E-state index is 6.33. The van der Waals surface area contributed by atoms with Crippen molar-refractivity contribution >= 4 is 55.0 Å². The van der Waals surface area contributed by atoms with E-state index in [2.05, 4.69) is 79.6 Å². The highest BCUT2D eigenvalue weighted by atomic mass is 35.5. The van der Waals surface area contributed by atoms with Crippen LogP contribution in [0.1, 0.15) is 0 Å². The van der Waals surface area contributed by atoms with Crippen molar-refractivity contribution in [1.29, 1.82) is 0 Å². The topological polar surface area (TPSA) is 82.8 Å². The Bertz CT molecular complexity index is 2580. The molecule has 0 saturated carbocycles. The Kier molecular flexibility index (Phi) is 6.18. The Balaban J connectivity index is 1.10. The molecule has 0 bridgehead atoms. The van der Waals surface area contributed by atoms with Gasteiger partial charge in [-0.25, -0.2) is 0 Å². The monoisotopic (exact) mass is 617 g/mol. The Morgan fingerprint density at radius 2 is 1.02 bits per heavy atom. The lowest BCUT2D eigenvalue weighted by molar-refractivity contribution is 0.584. The molecule has 0 N–H and O–H groups in total. The summed E-state index contributed by atoms with van der Waals surface area (Å²) in [5, 5.41) is 24.2. The predicted molar refractivity (Wildman–Crippen MR) is 183 cm³/mol. The van der Waals surface area contributed by atoms with Crippen LogP contribution in [0.5, 0.6) is 0 Å². The van der Waals surface area contributed by atoms with Crippen molar-refractivity contribution in [2.75, 3.05) is 5.88 Å². The third-order valence-electron chi connectivity index (χ3n) is 8.58. The molecule has 0 atom stereocenters. The van der Waals surface area contributed by atoms with Crippen LogP contribution in [-0.4, -0.2) is 30.8 Å². The Labute approximate surface area is 267 Å². The first kappa shape index (κ1) is 26.6. The Morgan fingerprint density at radius 3 is 1.74 bits per heavy atom. The smallest absolute Gasteiger partial charge is 0.248 e. The first-order chi connectivity index (χ1) is 22.8. The fourth-order valence-corrected chi connectivity index (χ4v) is 6.65. The van der Waals surface area contributed by atoms with Gasteiger partial charge >= 0.3 is 0 Å². The van der Waals surface area contributed by atoms with Gasteiger partial charge in [-0.2, -0.15) is 0 Å². The molecular weight excluding hydrogens is 594 g/mol. The van der Waals surface area contributed by atoms with Gasteiger partial charge in [0.15, 0.2) is 0 Å². The molecule has 46 heavy (non-hydrogen) atoms. The van der Waals surface area contributed by atoms with Gasteiger partial charge in [-0.05, 0) is 64.0 Å². The van der Waals surface area contributed by atoms with Gasteiger partial charge < -0.3 is 13.4 Å². The van der Waals surface area contributed by atoms with Crippen LogP contribution in [0.2, 0.25) is 0 Å². The van der Waals surface area contributed by atoms with Gasteiger partial charge in [0.1, 0.15) is 0 Å². The maximum absolute atomic E-state index is 6.33. The number of rotatable bonds is 6. The van der Waals surface area contributed by atoms with E-state index in [4.69, 9.17) is 20.4 Å². The molecule has 8 heteroatoms. The highest BCUT2D eigenvalue weighted by molar-refractivity contribution is 6.18. The third-order valence-corrected chi connectivity index (χ3v) is 8.75. The summed E-state index contributed by atoms with van der Waals surface area (Å²) in [6.45, 7) is 0.729. The van der Waals surface area contributed by atoms with Gasteiger partial charge in [-0.3, -0.25) is 0 Å². The largest absolute Gasteiger partial charge is 0.416 e. The standard InChI is InChI=1S/C38H24ClN5O2/c39-20-21-44-33-15-6-5-13-28(33)32-22-24(16-19-34(32)44)35-40-41-37(45-35)30-17-18-31(27-12-4-3-11-26(27)30)38-43-42-36(46-38)29-14-7-9-23-8-1-2-10-25(23)29/h1-19,22H,20-21H2. The number of nitrogens with zero attached hydrogens (tertiary/aromatic N) is 5. The Hall–Kier alpha value is -5.79. The number of aromatic nitrogens is 5. The van der Waals surface area contributed by atoms with Gasteiger partial charge in [0.2, 0.25) is 23.6 Å². The maximum Gasteiger partial charge on any atom is 0.248 e. The number of hydrogen-bond donors (Lipinski definition) is 0. The molecule has 6 aromatic carbocycles. The lowest BCUT2D eigenvalue weighted by Crippen LogP contribution is -1.98. The van der Waals surface area contributed by atoms with Crippen molar-refractivity contribution in [3.63, 3.8) is 0 Å². The van der Waals surface area contributed by atoms with E-state index in [1.165, 1.54) is 0 Å². The number of para-hydroxylation sites is 1. The highest BCUT2D eigenvalue weighted by Gasteiger charge is 2.20. The van der Waals surface area contributed by atoms with Gasteiger partial charge in [0.25, 0.3) is 0 Å². The average Bonchev–Trinajstić information content (AvgIpc) is 3.87. The summed E-state index contributed by atoms with van der Waals surface area (Å²) in [7, 11) is 0. The fourth-order valence-electron chi connectivity index (χ4n) is 6.49. The lowest BCUT2D eigenvalue weighted by Gasteiger charge is -2.07. The van der Waals surface area contributed by atoms with E-state index in [1.807, 2.05) is 66.7 Å². The van der Waals surface area contributed by atoms with Gasteiger partial charge in [0.05, 0.1) is 0 Å². The molecular formula is C38H24ClN5O2. The van der Waals surface area contributed by atoms with E-state index in [-0.39, 0.29) is 0 Å². The fraction of sp³-hybridized carbons (Fsp3) is 0.0526. The summed E-state index contributed by atoms with van der Waals surface area (Å²) in [5.74, 6) is 2.34. The van der Waals surface area contributed by atoms with Crippen molar-refractivity contribution in [3.8, 4) is 45.8 Å². The molecule has 0 aliphatic carbocycles. The van der Waals surface area contributed by atoms with E-state index in [1.54, 1.807) is 0 Å². The SMILES string of the molecule is ClCCn1c2ccccc2c2cc(-c3nnc(-c4ccc(-c5nnc(-c6cccc7ccccc67)o5)c5ccccc45)o3)ccc21. The summed E-state index contributed by atoms with van der Waals surface area (Å²) in [6.07, 6.45) is 0. The van der Waals surface area contributed by atoms with Crippen molar-refractivity contribution in [3.05, 3.63) is 121 Å². The van der Waals surface area contributed by atoms with Crippen molar-refractivity contribution < 1.29 is 8.83 Å². The molecule has 9 rings (SSSR count). The minimum atomic E-state index is 0.435. The van der Waals surface area contributed by atoms with Gasteiger partial charge in [-0.15, -0.1) is 32.0 Å². The van der Waals surface area contributed by atoms with Crippen LogP contribution in [0, 0.1) is 0 Å². The normalized spacial score (nSPS) is 11.8. The lowest BCUT2D eigenvalue weighted by atomic mass is 9.99. The van der Waals surface area contributed by atoms with Crippen LogP contribution in [0.4, 0.5) is 0 Å². The molecule has 0 aliphatic rings. The average molecular weight is 618 g/mol. The van der Waals surface area contributed by atoms with Crippen molar-refractivity contribution in [2.45, 2.75) is 6.54 Å². The molecule has 0 amide bonds. The molecule has 7 nitrogen and oxygen atoms in total. The number of benzene rings is 6. The molecule has 0 fully saturated rings. The van der Waals surface area contributed by atoms with Crippen LogP contribution in [0.3, 0.4) is 0 Å². The second-order valence-electron chi connectivity index (χ2n) is 11.1. The van der Waals surface area contributed by atoms with Crippen LogP contribution >= 0.6 is 11.6 Å². The van der Waals surface area contributed by atoms with E-state index < -0.39 is 0 Å². The Morgan fingerprint density at radius 1 is 0.478 bits per heavy atom. The number of aryl methyl sites for hydroxylation is 1.